The van der Waals surface area contributed by atoms with Gasteiger partial charge in [0.1, 0.15) is 28.5 Å². The molecule has 1 N–H and O–H groups in total. The number of hydrogen-bond acceptors (Lipinski definition) is 4. The summed E-state index contributed by atoms with van der Waals surface area (Å²) in [4.78, 5) is 16.1. The first-order valence-electron chi connectivity index (χ1n) is 8.62. The van der Waals surface area contributed by atoms with Crippen molar-refractivity contribution in [3.63, 3.8) is 0 Å². The molecule has 3 rings (SSSR count). The van der Waals surface area contributed by atoms with E-state index in [-0.39, 0.29) is 23.4 Å². The number of benzene rings is 1. The van der Waals surface area contributed by atoms with Gasteiger partial charge in [-0.3, -0.25) is 4.79 Å². The topological polar surface area (TPSA) is 79.4 Å². The molecule has 156 valence electrons. The quantitative estimate of drug-likeness (QED) is 0.652. The smallest absolute Gasteiger partial charge is 0.244 e. The molecule has 1 amide bonds. The maximum atomic E-state index is 14.3. The van der Waals surface area contributed by atoms with Gasteiger partial charge in [0.05, 0.1) is 17.1 Å². The van der Waals surface area contributed by atoms with Crippen LogP contribution in [0.5, 0.6) is 0 Å². The monoisotopic (exact) mass is 491 g/mol. The Morgan fingerprint density at radius 2 is 1.97 bits per heavy atom. The van der Waals surface area contributed by atoms with E-state index >= 15 is 0 Å². The number of carbonyl (C=O) groups is 1. The van der Waals surface area contributed by atoms with Gasteiger partial charge in [-0.15, -0.1) is 0 Å². The first-order chi connectivity index (χ1) is 13.6. The number of aromatic nitrogens is 1. The lowest BCUT2D eigenvalue weighted by atomic mass is 10.1. The molecule has 1 fully saturated rings. The first kappa shape index (κ1) is 21.7. The molecule has 0 bridgehead atoms. The summed E-state index contributed by atoms with van der Waals surface area (Å²) < 4.78 is 68.4. The fourth-order valence-corrected chi connectivity index (χ4v) is 5.37. The predicted octanol–water partition coefficient (Wildman–Crippen LogP) is 2.93. The van der Waals surface area contributed by atoms with Crippen molar-refractivity contribution >= 4 is 31.9 Å². The average Bonchev–Trinajstić information content (AvgIpc) is 2.98. The van der Waals surface area contributed by atoms with Gasteiger partial charge in [0.2, 0.25) is 15.9 Å². The molecule has 1 aliphatic rings. The molecule has 1 saturated heterocycles. The summed E-state index contributed by atoms with van der Waals surface area (Å²) in [5.74, 6) is -2.02. The van der Waals surface area contributed by atoms with E-state index in [1.54, 1.807) is 0 Å². The van der Waals surface area contributed by atoms with Crippen LogP contribution in [-0.4, -0.2) is 41.9 Å². The number of amides is 1. The molecule has 6 nitrogen and oxygen atoms in total. The first-order valence-corrected chi connectivity index (χ1v) is 10.9. The Labute approximate surface area is 174 Å². The van der Waals surface area contributed by atoms with Crippen LogP contribution in [0.25, 0.3) is 0 Å². The van der Waals surface area contributed by atoms with E-state index < -0.39 is 45.8 Å². The lowest BCUT2D eigenvalue weighted by Crippen LogP contribution is -2.48. The fraction of sp³-hybridized carbons (Fsp3) is 0.333. The highest BCUT2D eigenvalue weighted by molar-refractivity contribution is 9.10. The number of hydrogen-bond donors (Lipinski definition) is 1. The van der Waals surface area contributed by atoms with Crippen LogP contribution in [0.1, 0.15) is 18.9 Å². The van der Waals surface area contributed by atoms with Crippen molar-refractivity contribution in [3.8, 4) is 0 Å². The largest absolute Gasteiger partial charge is 0.351 e. The van der Waals surface area contributed by atoms with Crippen molar-refractivity contribution in [2.45, 2.75) is 43.0 Å². The molecule has 1 aliphatic heterocycles. The molecule has 29 heavy (non-hydrogen) atoms. The molecule has 0 aliphatic carbocycles. The number of nitrogens with one attached hydrogen (secondary N) is 1. The van der Waals surface area contributed by atoms with Crippen LogP contribution >= 0.6 is 15.9 Å². The Balaban J connectivity index is 1.83. The molecular weight excluding hydrogens is 475 g/mol. The molecule has 11 heteroatoms. The van der Waals surface area contributed by atoms with Crippen molar-refractivity contribution in [3.05, 3.63) is 58.3 Å². The molecule has 1 aromatic carbocycles. The zero-order chi connectivity index (χ0) is 21.3. The highest BCUT2D eigenvalue weighted by atomic mass is 79.9. The van der Waals surface area contributed by atoms with Gasteiger partial charge in [-0.1, -0.05) is 0 Å². The van der Waals surface area contributed by atoms with Gasteiger partial charge < -0.3 is 5.32 Å². The predicted molar refractivity (Wildman–Crippen MR) is 102 cm³/mol. The fourth-order valence-electron chi connectivity index (χ4n) is 3.18. The maximum absolute atomic E-state index is 14.3. The summed E-state index contributed by atoms with van der Waals surface area (Å²) in [5, 5.41) is 2.45. The number of sulfonamides is 1. The standard InChI is InChI=1S/C18H17BrF3N3O3S/c1-10-14(21)7-16(18(26)24-8-11-6-17(19)23-9-15(11)22)25(10)29(27,28)13-4-2-12(20)3-5-13/h2-6,9-10,14,16H,7-8H2,1H3,(H,24,26)/t10-,14+,16-/m0/s1. The molecule has 0 radical (unpaired) electrons. The van der Waals surface area contributed by atoms with Crippen LogP contribution in [0, 0.1) is 11.6 Å². The van der Waals surface area contributed by atoms with E-state index in [1.807, 2.05) is 0 Å². The zero-order valence-electron chi connectivity index (χ0n) is 15.1. The van der Waals surface area contributed by atoms with Crippen LogP contribution in [0.4, 0.5) is 13.2 Å². The molecule has 0 unspecified atom stereocenters. The third-order valence-electron chi connectivity index (χ3n) is 4.73. The minimum Gasteiger partial charge on any atom is -0.351 e. The van der Waals surface area contributed by atoms with Crippen LogP contribution in [-0.2, 0) is 21.4 Å². The van der Waals surface area contributed by atoms with Crippen molar-refractivity contribution in [1.29, 1.82) is 0 Å². The zero-order valence-corrected chi connectivity index (χ0v) is 17.6. The Morgan fingerprint density at radius 1 is 1.31 bits per heavy atom. The summed E-state index contributed by atoms with van der Waals surface area (Å²) in [6.45, 7) is 1.14. The van der Waals surface area contributed by atoms with E-state index in [2.05, 4.69) is 26.2 Å². The number of carbonyl (C=O) groups excluding carboxylic acids is 1. The van der Waals surface area contributed by atoms with Gasteiger partial charge in [-0.25, -0.2) is 26.6 Å². The Bertz CT molecular complexity index is 1020. The van der Waals surface area contributed by atoms with Gasteiger partial charge in [0.25, 0.3) is 0 Å². The van der Waals surface area contributed by atoms with Gasteiger partial charge in [-0.2, -0.15) is 4.31 Å². The third kappa shape index (κ3) is 4.46. The SMILES string of the molecule is C[C@H]1[C@H](F)C[C@@H](C(=O)NCc2cc(Br)ncc2F)N1S(=O)(=O)c1ccc(F)cc1. The second kappa shape index (κ2) is 8.41. The van der Waals surface area contributed by atoms with E-state index in [0.29, 0.717) is 4.60 Å². The Hall–Kier alpha value is -1.98. The Morgan fingerprint density at radius 3 is 2.62 bits per heavy atom. The van der Waals surface area contributed by atoms with E-state index in [9.17, 15) is 26.4 Å². The highest BCUT2D eigenvalue weighted by Crippen LogP contribution is 2.33. The molecule has 0 spiro atoms. The molecule has 2 heterocycles. The molecule has 1 aromatic heterocycles. The second-order valence-electron chi connectivity index (χ2n) is 6.61. The van der Waals surface area contributed by atoms with Crippen molar-refractivity contribution < 1.29 is 26.4 Å². The number of alkyl halides is 1. The second-order valence-corrected chi connectivity index (χ2v) is 9.27. The van der Waals surface area contributed by atoms with Crippen molar-refractivity contribution in [2.75, 3.05) is 0 Å². The van der Waals surface area contributed by atoms with Crippen LogP contribution in [0.3, 0.4) is 0 Å². The van der Waals surface area contributed by atoms with E-state index in [1.165, 1.54) is 13.0 Å². The van der Waals surface area contributed by atoms with Crippen molar-refractivity contribution in [2.24, 2.45) is 0 Å². The van der Waals surface area contributed by atoms with Gasteiger partial charge in [-0.05, 0) is 53.2 Å². The van der Waals surface area contributed by atoms with E-state index in [0.717, 1.165) is 34.8 Å². The van der Waals surface area contributed by atoms with Gasteiger partial charge in [0, 0.05) is 18.5 Å². The number of pyridine rings is 1. The average molecular weight is 492 g/mol. The van der Waals surface area contributed by atoms with Gasteiger partial charge in [0.15, 0.2) is 0 Å². The summed E-state index contributed by atoms with van der Waals surface area (Å²) in [5.41, 5.74) is 0.135. The molecule has 3 atom stereocenters. The van der Waals surface area contributed by atoms with E-state index in [4.69, 9.17) is 0 Å². The number of rotatable bonds is 5. The molecule has 2 aromatic rings. The normalized spacial score (nSPS) is 22.6. The number of nitrogens with zero attached hydrogens (tertiary/aromatic N) is 2. The van der Waals surface area contributed by atoms with Gasteiger partial charge >= 0.3 is 0 Å². The maximum Gasteiger partial charge on any atom is 0.244 e. The minimum atomic E-state index is -4.26. The Kier molecular flexibility index (Phi) is 6.30. The minimum absolute atomic E-state index is 0.135. The number of halogens is 4. The van der Waals surface area contributed by atoms with Crippen LogP contribution < -0.4 is 5.32 Å². The summed E-state index contributed by atoms with van der Waals surface area (Å²) in [6, 6.07) is 3.02. The summed E-state index contributed by atoms with van der Waals surface area (Å²) in [7, 11) is -4.26. The highest BCUT2D eigenvalue weighted by Gasteiger charge is 2.49. The van der Waals surface area contributed by atoms with Crippen LogP contribution in [0.15, 0.2) is 46.0 Å². The lowest BCUT2D eigenvalue weighted by molar-refractivity contribution is -0.124. The lowest BCUT2D eigenvalue weighted by Gasteiger charge is -2.26. The molecular formula is C18H17BrF3N3O3S. The van der Waals surface area contributed by atoms with Crippen molar-refractivity contribution in [1.82, 2.24) is 14.6 Å². The van der Waals surface area contributed by atoms with Crippen LogP contribution in [0.2, 0.25) is 0 Å². The molecule has 0 saturated carbocycles. The summed E-state index contributed by atoms with van der Waals surface area (Å²) in [6.07, 6.45) is -0.921. The third-order valence-corrected chi connectivity index (χ3v) is 7.17. The summed E-state index contributed by atoms with van der Waals surface area (Å²) >= 11 is 3.10.